The molecule has 0 fully saturated rings. The van der Waals surface area contributed by atoms with Gasteiger partial charge in [0, 0.05) is 11.0 Å². The van der Waals surface area contributed by atoms with E-state index in [0.717, 1.165) is 30.7 Å². The summed E-state index contributed by atoms with van der Waals surface area (Å²) in [7, 11) is 4.20. The topological polar surface area (TPSA) is 24.5 Å². The Balaban J connectivity index is 1.96. The lowest BCUT2D eigenvalue weighted by Crippen LogP contribution is -2.24. The highest BCUT2D eigenvalue weighted by Crippen LogP contribution is 2.12. The largest absolute Gasteiger partial charge is 0.375 e. The van der Waals surface area contributed by atoms with Gasteiger partial charge in [-0.05, 0) is 51.3 Å². The van der Waals surface area contributed by atoms with E-state index in [0.29, 0.717) is 6.61 Å². The molecule has 3 nitrogen and oxygen atoms in total. The monoisotopic (exact) mass is 314 g/mol. The predicted octanol–water partition coefficient (Wildman–Crippen LogP) is 2.51. The van der Waals surface area contributed by atoms with Crippen LogP contribution in [-0.2, 0) is 11.3 Å². The number of nitrogens with zero attached hydrogens (tertiary/aromatic N) is 1. The third-order valence-corrected chi connectivity index (χ3v) is 3.03. The first-order chi connectivity index (χ1) is 8.68. The zero-order valence-electron chi connectivity index (χ0n) is 11.3. The average Bonchev–Trinajstić information content (AvgIpc) is 2.32. The van der Waals surface area contributed by atoms with Gasteiger partial charge in [0.2, 0.25) is 0 Å². The van der Waals surface area contributed by atoms with Gasteiger partial charge in [0.15, 0.2) is 0 Å². The zero-order valence-corrected chi connectivity index (χ0v) is 12.9. The van der Waals surface area contributed by atoms with Crippen molar-refractivity contribution < 1.29 is 4.74 Å². The lowest BCUT2D eigenvalue weighted by atomic mass is 10.2. The van der Waals surface area contributed by atoms with Crippen molar-refractivity contribution in [2.45, 2.75) is 13.0 Å². The first-order valence-electron chi connectivity index (χ1n) is 6.36. The maximum atomic E-state index is 5.61. The van der Waals surface area contributed by atoms with Crippen molar-refractivity contribution in [3.05, 3.63) is 34.3 Å². The second kappa shape index (κ2) is 9.50. The normalized spacial score (nSPS) is 11.1. The molecule has 0 bridgehead atoms. The summed E-state index contributed by atoms with van der Waals surface area (Å²) in [6, 6.07) is 8.22. The Morgan fingerprint density at radius 3 is 2.83 bits per heavy atom. The van der Waals surface area contributed by atoms with Gasteiger partial charge in [-0.1, -0.05) is 28.1 Å². The highest BCUT2D eigenvalue weighted by atomic mass is 79.9. The third-order valence-electron chi connectivity index (χ3n) is 2.54. The summed E-state index contributed by atoms with van der Waals surface area (Å²) in [5.41, 5.74) is 1.21. The van der Waals surface area contributed by atoms with Gasteiger partial charge in [-0.2, -0.15) is 0 Å². The molecule has 0 saturated heterocycles. The molecule has 0 aromatic heterocycles. The van der Waals surface area contributed by atoms with E-state index in [1.165, 1.54) is 12.0 Å². The molecule has 4 heteroatoms. The molecule has 0 aliphatic heterocycles. The van der Waals surface area contributed by atoms with Crippen LogP contribution in [0.25, 0.3) is 0 Å². The fourth-order valence-electron chi connectivity index (χ4n) is 1.61. The van der Waals surface area contributed by atoms with Gasteiger partial charge in [-0.15, -0.1) is 0 Å². The van der Waals surface area contributed by atoms with E-state index in [2.05, 4.69) is 52.4 Å². The number of benzene rings is 1. The van der Waals surface area contributed by atoms with Crippen molar-refractivity contribution in [1.29, 1.82) is 0 Å². The fraction of sp³-hybridized carbons (Fsp3) is 0.571. The molecule has 1 rings (SSSR count). The molecule has 0 aliphatic carbocycles. The lowest BCUT2D eigenvalue weighted by Gasteiger charge is -2.10. The van der Waals surface area contributed by atoms with Crippen molar-refractivity contribution in [2.75, 3.05) is 40.3 Å². The molecule has 102 valence electrons. The Hall–Kier alpha value is -0.420. The molecule has 0 radical (unpaired) electrons. The molecular weight excluding hydrogens is 292 g/mol. The zero-order chi connectivity index (χ0) is 13.2. The number of rotatable bonds is 9. The van der Waals surface area contributed by atoms with Gasteiger partial charge in [-0.25, -0.2) is 0 Å². The van der Waals surface area contributed by atoms with Crippen LogP contribution in [0.3, 0.4) is 0 Å². The van der Waals surface area contributed by atoms with Crippen molar-refractivity contribution in [3.63, 3.8) is 0 Å². The maximum absolute atomic E-state index is 5.61. The average molecular weight is 315 g/mol. The first-order valence-corrected chi connectivity index (χ1v) is 7.15. The quantitative estimate of drug-likeness (QED) is 0.709. The minimum Gasteiger partial charge on any atom is -0.375 e. The summed E-state index contributed by atoms with van der Waals surface area (Å²) in [6.45, 7) is 4.54. The maximum Gasteiger partial charge on any atom is 0.0717 e. The van der Waals surface area contributed by atoms with Crippen LogP contribution in [0.15, 0.2) is 28.7 Å². The van der Waals surface area contributed by atoms with E-state index in [1.54, 1.807) is 0 Å². The number of hydrogen-bond acceptors (Lipinski definition) is 3. The second-order valence-electron chi connectivity index (χ2n) is 4.59. The van der Waals surface area contributed by atoms with Gasteiger partial charge >= 0.3 is 0 Å². The molecule has 1 aromatic carbocycles. The Morgan fingerprint density at radius 1 is 1.28 bits per heavy atom. The van der Waals surface area contributed by atoms with Gasteiger partial charge < -0.3 is 15.0 Å². The van der Waals surface area contributed by atoms with Crippen LogP contribution in [0.4, 0.5) is 0 Å². The van der Waals surface area contributed by atoms with Gasteiger partial charge in [-0.3, -0.25) is 0 Å². The van der Waals surface area contributed by atoms with Crippen molar-refractivity contribution >= 4 is 15.9 Å². The van der Waals surface area contributed by atoms with E-state index in [-0.39, 0.29) is 0 Å². The van der Waals surface area contributed by atoms with Gasteiger partial charge in [0.05, 0.1) is 13.2 Å². The van der Waals surface area contributed by atoms with Crippen LogP contribution in [0, 0.1) is 0 Å². The molecule has 0 atom stereocenters. The van der Waals surface area contributed by atoms with Crippen LogP contribution >= 0.6 is 15.9 Å². The smallest absolute Gasteiger partial charge is 0.0717 e. The minimum absolute atomic E-state index is 0.679. The number of hydrogen-bond donors (Lipinski definition) is 1. The predicted molar refractivity (Wildman–Crippen MR) is 79.8 cm³/mol. The van der Waals surface area contributed by atoms with Crippen molar-refractivity contribution in [1.82, 2.24) is 10.2 Å². The van der Waals surface area contributed by atoms with Crippen LogP contribution < -0.4 is 5.32 Å². The van der Waals surface area contributed by atoms with Crippen LogP contribution in [0.5, 0.6) is 0 Å². The standard InChI is InChI=1S/C14H23BrN2O/c1-17(2)9-4-7-16-8-10-18-12-13-5-3-6-14(15)11-13/h3,5-6,11,16H,4,7-10,12H2,1-2H3. The Kier molecular flexibility index (Phi) is 8.25. The van der Waals surface area contributed by atoms with E-state index < -0.39 is 0 Å². The third kappa shape index (κ3) is 7.82. The Bertz CT molecular complexity index is 331. The van der Waals surface area contributed by atoms with Crippen LogP contribution in [0.2, 0.25) is 0 Å². The first kappa shape index (κ1) is 15.6. The van der Waals surface area contributed by atoms with E-state index in [4.69, 9.17) is 4.74 Å². The number of nitrogens with one attached hydrogen (secondary N) is 1. The molecular formula is C14H23BrN2O. The Morgan fingerprint density at radius 2 is 2.11 bits per heavy atom. The summed E-state index contributed by atoms with van der Waals surface area (Å²) >= 11 is 3.45. The van der Waals surface area contributed by atoms with Crippen LogP contribution in [-0.4, -0.2) is 45.2 Å². The minimum atomic E-state index is 0.679. The van der Waals surface area contributed by atoms with E-state index in [1.807, 2.05) is 12.1 Å². The molecule has 0 aliphatic rings. The lowest BCUT2D eigenvalue weighted by molar-refractivity contribution is 0.122. The van der Waals surface area contributed by atoms with E-state index >= 15 is 0 Å². The number of ether oxygens (including phenoxy) is 1. The molecule has 1 aromatic rings. The van der Waals surface area contributed by atoms with Crippen molar-refractivity contribution in [3.8, 4) is 0 Å². The summed E-state index contributed by atoms with van der Waals surface area (Å²) in [5.74, 6) is 0. The summed E-state index contributed by atoms with van der Waals surface area (Å²) in [5, 5.41) is 3.38. The summed E-state index contributed by atoms with van der Waals surface area (Å²) in [6.07, 6.45) is 1.18. The highest BCUT2D eigenvalue weighted by Gasteiger charge is 1.95. The second-order valence-corrected chi connectivity index (χ2v) is 5.51. The SMILES string of the molecule is CN(C)CCCNCCOCc1cccc(Br)c1. The molecule has 0 spiro atoms. The van der Waals surface area contributed by atoms with Gasteiger partial charge in [0.1, 0.15) is 0 Å². The molecule has 0 amide bonds. The fourth-order valence-corrected chi connectivity index (χ4v) is 2.05. The summed E-state index contributed by atoms with van der Waals surface area (Å²) in [4.78, 5) is 2.20. The number of halogens is 1. The van der Waals surface area contributed by atoms with Crippen molar-refractivity contribution in [2.24, 2.45) is 0 Å². The molecule has 0 saturated carbocycles. The Labute approximate surface area is 119 Å². The molecule has 0 heterocycles. The summed E-state index contributed by atoms with van der Waals surface area (Å²) < 4.78 is 6.71. The molecule has 18 heavy (non-hydrogen) atoms. The molecule has 0 unspecified atom stereocenters. The highest BCUT2D eigenvalue weighted by molar-refractivity contribution is 9.10. The van der Waals surface area contributed by atoms with E-state index in [9.17, 15) is 0 Å². The molecule has 1 N–H and O–H groups in total. The van der Waals surface area contributed by atoms with Gasteiger partial charge in [0.25, 0.3) is 0 Å². The van der Waals surface area contributed by atoms with Crippen LogP contribution in [0.1, 0.15) is 12.0 Å².